The van der Waals surface area contributed by atoms with Crippen LogP contribution in [0, 0.1) is 6.92 Å². The largest absolute Gasteiger partial charge is 0.369 e. The van der Waals surface area contributed by atoms with Gasteiger partial charge in [-0.1, -0.05) is 32.9 Å². The minimum absolute atomic E-state index is 0.0120. The summed E-state index contributed by atoms with van der Waals surface area (Å²) in [5, 5.41) is 7.07. The molecule has 2 heterocycles. The Balaban J connectivity index is 1.47. The second-order valence-corrected chi connectivity index (χ2v) is 9.08. The van der Waals surface area contributed by atoms with E-state index in [1.807, 2.05) is 33.8 Å². The minimum Gasteiger partial charge on any atom is -0.369 e. The molecule has 7 nitrogen and oxygen atoms in total. The molecule has 1 aliphatic rings. The average molecular weight is 414 g/mol. The second kappa shape index (κ2) is 9.60. The molecule has 1 amide bonds. The molecule has 0 atom stereocenters. The molecule has 164 valence electrons. The van der Waals surface area contributed by atoms with Crippen molar-refractivity contribution in [1.82, 2.24) is 15.0 Å². The zero-order valence-corrected chi connectivity index (χ0v) is 19.0. The van der Waals surface area contributed by atoms with Gasteiger partial charge in [-0.2, -0.15) is 4.98 Å². The number of amides is 1. The summed E-state index contributed by atoms with van der Waals surface area (Å²) in [5.41, 5.74) is 3.06. The molecular formula is C23H35N5O2. The van der Waals surface area contributed by atoms with Crippen LogP contribution in [0.15, 0.2) is 22.7 Å². The van der Waals surface area contributed by atoms with Gasteiger partial charge in [0.2, 0.25) is 11.8 Å². The summed E-state index contributed by atoms with van der Waals surface area (Å²) in [5.74, 6) is 1.31. The van der Waals surface area contributed by atoms with Crippen LogP contribution in [0.2, 0.25) is 0 Å². The number of piperazine rings is 1. The average Bonchev–Trinajstić information content (AvgIpc) is 3.19. The third-order valence-corrected chi connectivity index (χ3v) is 5.60. The van der Waals surface area contributed by atoms with E-state index in [1.165, 1.54) is 5.69 Å². The van der Waals surface area contributed by atoms with Crippen molar-refractivity contribution in [1.29, 1.82) is 0 Å². The van der Waals surface area contributed by atoms with Gasteiger partial charge >= 0.3 is 0 Å². The summed E-state index contributed by atoms with van der Waals surface area (Å²) in [7, 11) is 0. The van der Waals surface area contributed by atoms with Crippen molar-refractivity contribution in [3.63, 3.8) is 0 Å². The fourth-order valence-electron chi connectivity index (χ4n) is 3.58. The lowest BCUT2D eigenvalue weighted by Gasteiger charge is -2.35. The molecule has 1 saturated heterocycles. The van der Waals surface area contributed by atoms with E-state index >= 15 is 0 Å². The van der Waals surface area contributed by atoms with Gasteiger partial charge < -0.3 is 19.6 Å². The molecule has 1 aliphatic heterocycles. The monoisotopic (exact) mass is 413 g/mol. The van der Waals surface area contributed by atoms with E-state index in [4.69, 9.17) is 4.52 Å². The highest BCUT2D eigenvalue weighted by atomic mass is 16.5. The Morgan fingerprint density at radius 2 is 1.93 bits per heavy atom. The molecule has 0 bridgehead atoms. The van der Waals surface area contributed by atoms with E-state index in [9.17, 15) is 4.79 Å². The molecule has 0 radical (unpaired) electrons. The number of carbonyl (C=O) groups excluding carboxylic acids is 1. The Morgan fingerprint density at radius 3 is 2.53 bits per heavy atom. The number of anilines is 2. The van der Waals surface area contributed by atoms with Crippen LogP contribution in [0.3, 0.4) is 0 Å². The van der Waals surface area contributed by atoms with Crippen LogP contribution in [-0.4, -0.2) is 53.7 Å². The fourth-order valence-corrected chi connectivity index (χ4v) is 3.58. The van der Waals surface area contributed by atoms with Crippen LogP contribution < -0.4 is 10.2 Å². The predicted molar refractivity (Wildman–Crippen MR) is 120 cm³/mol. The zero-order chi connectivity index (χ0) is 21.7. The number of hydrogen-bond donors (Lipinski definition) is 1. The van der Waals surface area contributed by atoms with Crippen molar-refractivity contribution < 1.29 is 9.32 Å². The number of rotatable bonds is 7. The Morgan fingerprint density at radius 1 is 1.20 bits per heavy atom. The molecule has 0 aliphatic carbocycles. The smallest absolute Gasteiger partial charge is 0.226 e. The SMILES string of the molecule is CCN1CCN(c2ccc(NC(=O)CCCc3nc(C(C)(C)C)no3)c(C)c2)CC1. The van der Waals surface area contributed by atoms with E-state index in [-0.39, 0.29) is 11.3 Å². The second-order valence-electron chi connectivity index (χ2n) is 9.08. The lowest BCUT2D eigenvalue weighted by molar-refractivity contribution is -0.116. The fraction of sp³-hybridized carbons (Fsp3) is 0.609. The number of benzene rings is 1. The van der Waals surface area contributed by atoms with E-state index in [1.54, 1.807) is 0 Å². The summed E-state index contributed by atoms with van der Waals surface area (Å²) >= 11 is 0. The van der Waals surface area contributed by atoms with Crippen LogP contribution in [0.4, 0.5) is 11.4 Å². The van der Waals surface area contributed by atoms with E-state index < -0.39 is 0 Å². The van der Waals surface area contributed by atoms with E-state index in [2.05, 4.69) is 44.3 Å². The number of aromatic nitrogens is 2. The molecule has 0 saturated carbocycles. The molecule has 1 aromatic heterocycles. The predicted octanol–water partition coefficient (Wildman–Crippen LogP) is 3.78. The van der Waals surface area contributed by atoms with Crippen LogP contribution in [0.1, 0.15) is 57.8 Å². The van der Waals surface area contributed by atoms with Crippen LogP contribution in [-0.2, 0) is 16.6 Å². The van der Waals surface area contributed by atoms with Crippen molar-refractivity contribution in [2.45, 2.75) is 59.3 Å². The molecule has 1 aromatic carbocycles. The van der Waals surface area contributed by atoms with Gasteiger partial charge in [0.1, 0.15) is 0 Å². The first kappa shape index (κ1) is 22.3. The topological polar surface area (TPSA) is 74.5 Å². The Bertz CT molecular complexity index is 848. The quantitative estimate of drug-likeness (QED) is 0.745. The molecule has 1 N–H and O–H groups in total. The van der Waals surface area contributed by atoms with Crippen LogP contribution in [0.5, 0.6) is 0 Å². The number of hydrogen-bond acceptors (Lipinski definition) is 6. The van der Waals surface area contributed by atoms with Crippen molar-refractivity contribution in [3.8, 4) is 0 Å². The number of nitrogens with zero attached hydrogens (tertiary/aromatic N) is 4. The molecule has 7 heteroatoms. The van der Waals surface area contributed by atoms with Crippen molar-refractivity contribution in [2.75, 3.05) is 42.9 Å². The van der Waals surface area contributed by atoms with Gasteiger partial charge in [-0.15, -0.1) is 0 Å². The molecule has 1 fully saturated rings. The van der Waals surface area contributed by atoms with Gasteiger partial charge in [0.25, 0.3) is 0 Å². The summed E-state index contributed by atoms with van der Waals surface area (Å²) in [6.07, 6.45) is 1.71. The van der Waals surface area contributed by atoms with Crippen molar-refractivity contribution in [3.05, 3.63) is 35.5 Å². The Labute approximate surface area is 179 Å². The molecule has 0 unspecified atom stereocenters. The number of nitrogens with one attached hydrogen (secondary N) is 1. The standard InChI is InChI=1S/C23H35N5O2/c1-6-27-12-14-28(15-13-27)18-10-11-19(17(2)16-18)24-20(29)8-7-9-21-25-22(26-30-21)23(3,4)5/h10-11,16H,6-9,12-15H2,1-5H3,(H,24,29). The van der Waals surface area contributed by atoms with E-state index in [0.29, 0.717) is 31.0 Å². The van der Waals surface area contributed by atoms with Crippen LogP contribution in [0.25, 0.3) is 0 Å². The summed E-state index contributed by atoms with van der Waals surface area (Å²) in [6, 6.07) is 6.29. The number of carbonyl (C=O) groups is 1. The van der Waals surface area contributed by atoms with Gasteiger partial charge in [0.05, 0.1) is 0 Å². The third-order valence-electron chi connectivity index (χ3n) is 5.60. The normalized spacial score (nSPS) is 15.4. The first-order valence-electron chi connectivity index (χ1n) is 11.0. The molecule has 3 rings (SSSR count). The highest BCUT2D eigenvalue weighted by Crippen LogP contribution is 2.24. The zero-order valence-electron chi connectivity index (χ0n) is 19.0. The minimum atomic E-state index is -0.133. The molecule has 2 aromatic rings. The third kappa shape index (κ3) is 5.81. The maximum absolute atomic E-state index is 12.4. The molecule has 0 spiro atoms. The summed E-state index contributed by atoms with van der Waals surface area (Å²) < 4.78 is 5.29. The lowest BCUT2D eigenvalue weighted by atomic mass is 9.96. The van der Waals surface area contributed by atoms with Gasteiger partial charge in [-0.05, 0) is 43.7 Å². The molecular weight excluding hydrogens is 378 g/mol. The highest BCUT2D eigenvalue weighted by molar-refractivity contribution is 5.91. The summed E-state index contributed by atoms with van der Waals surface area (Å²) in [6.45, 7) is 15.8. The van der Waals surface area contributed by atoms with Gasteiger partial charge in [0.15, 0.2) is 5.82 Å². The van der Waals surface area contributed by atoms with Gasteiger partial charge in [-0.25, -0.2) is 0 Å². The number of aryl methyl sites for hydroxylation is 2. The van der Waals surface area contributed by atoms with Gasteiger partial charge in [-0.3, -0.25) is 4.79 Å². The lowest BCUT2D eigenvalue weighted by Crippen LogP contribution is -2.46. The number of likely N-dealkylation sites (N-methyl/N-ethyl adjacent to an activating group) is 1. The van der Waals surface area contributed by atoms with Crippen LogP contribution >= 0.6 is 0 Å². The first-order chi connectivity index (χ1) is 14.3. The highest BCUT2D eigenvalue weighted by Gasteiger charge is 2.21. The van der Waals surface area contributed by atoms with E-state index in [0.717, 1.165) is 44.0 Å². The molecule has 30 heavy (non-hydrogen) atoms. The van der Waals surface area contributed by atoms with Gasteiger partial charge in [0, 0.05) is 55.8 Å². The van der Waals surface area contributed by atoms with Crippen molar-refractivity contribution >= 4 is 17.3 Å². The van der Waals surface area contributed by atoms with Crippen molar-refractivity contribution in [2.24, 2.45) is 0 Å². The first-order valence-corrected chi connectivity index (χ1v) is 11.0. The Hall–Kier alpha value is -2.41. The Kier molecular flexibility index (Phi) is 7.13. The maximum Gasteiger partial charge on any atom is 0.226 e. The summed E-state index contributed by atoms with van der Waals surface area (Å²) in [4.78, 5) is 21.7. The maximum atomic E-state index is 12.4.